The predicted molar refractivity (Wildman–Crippen MR) is 331 cm³/mol. The van der Waals surface area contributed by atoms with Crippen LogP contribution in [0.1, 0.15) is 126 Å². The molecule has 5 amide bonds. The number of hydrogen-bond acceptors (Lipinski definition) is 15. The molecule has 4 atom stereocenters. The Bertz CT molecular complexity index is 2960. The van der Waals surface area contributed by atoms with Crippen molar-refractivity contribution in [1.29, 1.82) is 0 Å². The van der Waals surface area contributed by atoms with Crippen LogP contribution in [0.2, 0.25) is 0 Å². The second kappa shape index (κ2) is 36.3. The fourth-order valence-electron chi connectivity index (χ4n) is 9.02. The second-order valence-electron chi connectivity index (χ2n) is 21.5. The van der Waals surface area contributed by atoms with Crippen molar-refractivity contribution in [2.75, 3.05) is 31.6 Å². The van der Waals surface area contributed by atoms with Crippen molar-refractivity contribution in [3.8, 4) is 0 Å². The number of alkyl carbamates (subject to hydrolysis) is 2. The maximum atomic E-state index is 16.3. The molecule has 0 spiro atoms. The number of carbonyl (C=O) groups is 7. The highest BCUT2D eigenvalue weighted by molar-refractivity contribution is 14.1. The first-order valence-electron chi connectivity index (χ1n) is 28.9. The lowest BCUT2D eigenvalue weighted by molar-refractivity contribution is -0.167. The van der Waals surface area contributed by atoms with Gasteiger partial charge >= 0.3 is 45.2 Å². The minimum atomic E-state index is -5.66. The van der Waals surface area contributed by atoms with Crippen LogP contribution in [0.4, 0.5) is 24.1 Å². The van der Waals surface area contributed by atoms with Gasteiger partial charge in [0.05, 0.1) is 19.1 Å². The van der Waals surface area contributed by atoms with Crippen LogP contribution < -0.4 is 32.7 Å². The number of ether oxygens (including phenoxy) is 4. The number of anilines is 1. The van der Waals surface area contributed by atoms with Crippen LogP contribution in [0.5, 0.6) is 0 Å². The van der Waals surface area contributed by atoms with Gasteiger partial charge < -0.3 is 81.3 Å². The van der Waals surface area contributed by atoms with Gasteiger partial charge in [0.15, 0.2) is 12.1 Å². The highest BCUT2D eigenvalue weighted by Gasteiger charge is 2.58. The third kappa shape index (κ3) is 25.7. The lowest BCUT2D eigenvalue weighted by Gasteiger charge is -2.29. The first kappa shape index (κ1) is 74.9. The van der Waals surface area contributed by atoms with Gasteiger partial charge in [0.2, 0.25) is 17.7 Å². The highest BCUT2D eigenvalue weighted by Crippen LogP contribution is 2.69. The van der Waals surface area contributed by atoms with Crippen LogP contribution in [-0.2, 0) is 77.6 Å². The number of aliphatic hydroxyl groups is 1. The first-order chi connectivity index (χ1) is 41.9. The number of esters is 2. The van der Waals surface area contributed by atoms with Crippen LogP contribution >= 0.6 is 37.8 Å². The fraction of sp³-hybridized carbons (Fsp3) is 0.517. The zero-order valence-electron chi connectivity index (χ0n) is 49.7. The van der Waals surface area contributed by atoms with Crippen molar-refractivity contribution in [2.24, 2.45) is 22.4 Å². The molecule has 0 radical (unpaired) electrons. The van der Waals surface area contributed by atoms with Gasteiger partial charge in [-0.05, 0) is 134 Å². The van der Waals surface area contributed by atoms with Crippen LogP contribution in [-0.4, -0.2) is 133 Å². The van der Waals surface area contributed by atoms with Gasteiger partial charge in [0.1, 0.15) is 25.3 Å². The van der Waals surface area contributed by atoms with Crippen LogP contribution in [0.3, 0.4) is 0 Å². The Hall–Kier alpha value is -6.59. The van der Waals surface area contributed by atoms with E-state index in [-0.39, 0.29) is 87.0 Å². The SMILES string of the molecule is CCOC(=O)CCCCCCN1C(=O)CC[C@@H]1/C=C/[C@@H](OC(=O)Cc1ccc(COC(=O)N[C@@H](CCC(C)C)C(=O)N[C@@H](CCCN=C(N)N)C(=O)Nc2ccc(COC(=O)NCCCC(O)(P(=O)(O)O)P(=O)(O)O)cc2)cc1)C(F)(F)c1ccc(I)cc1. The molecule has 0 unspecified atom stereocenters. The third-order valence-electron chi connectivity index (χ3n) is 14.0. The number of alkyl halides is 2. The molecule has 3 aromatic rings. The van der Waals surface area contributed by atoms with Crippen molar-refractivity contribution in [3.63, 3.8) is 0 Å². The number of nitrogens with zero attached hydrogens (tertiary/aromatic N) is 2. The number of halogens is 3. The van der Waals surface area contributed by atoms with E-state index in [9.17, 15) is 67.4 Å². The number of aliphatic imine (C=N–C) groups is 1. The minimum absolute atomic E-state index is 0.0480. The topological polar surface area (TPSA) is 407 Å². The van der Waals surface area contributed by atoms with Crippen molar-refractivity contribution in [1.82, 2.24) is 20.9 Å². The summed E-state index contributed by atoms with van der Waals surface area (Å²) in [4.78, 5) is 134. The lowest BCUT2D eigenvalue weighted by atomic mass is 10.0. The normalized spacial score (nSPS) is 14.8. The summed E-state index contributed by atoms with van der Waals surface area (Å²) in [6, 6.07) is 14.9. The number of nitrogens with two attached hydrogens (primary N) is 2. The van der Waals surface area contributed by atoms with Gasteiger partial charge in [-0.25, -0.2) is 9.59 Å². The Balaban J connectivity index is 1.35. The number of amides is 5. The minimum Gasteiger partial charge on any atom is -0.466 e. The summed E-state index contributed by atoms with van der Waals surface area (Å²) in [6.45, 7) is 5.44. The maximum Gasteiger partial charge on any atom is 0.408 e. The molecular formula is C58H81F2IN8O18P2. The number of rotatable bonds is 37. The van der Waals surface area contributed by atoms with E-state index in [1.807, 2.05) is 36.4 Å². The van der Waals surface area contributed by atoms with Gasteiger partial charge in [0.25, 0.3) is 5.08 Å². The zero-order valence-corrected chi connectivity index (χ0v) is 53.7. The summed E-state index contributed by atoms with van der Waals surface area (Å²) in [5, 5.41) is 16.6. The van der Waals surface area contributed by atoms with Crippen molar-refractivity contribution in [3.05, 3.63) is 111 Å². The summed E-state index contributed by atoms with van der Waals surface area (Å²) in [5.74, 6) is -6.44. The number of nitrogens with one attached hydrogen (secondary N) is 4. The van der Waals surface area contributed by atoms with Crippen molar-refractivity contribution >= 4 is 91.3 Å². The molecule has 0 aliphatic carbocycles. The Kier molecular flexibility index (Phi) is 30.5. The number of hydrogen-bond donors (Lipinski definition) is 11. The summed E-state index contributed by atoms with van der Waals surface area (Å²) >= 11 is 1.99. The monoisotopic (exact) mass is 1400 g/mol. The number of benzene rings is 3. The van der Waals surface area contributed by atoms with Crippen LogP contribution in [0.15, 0.2) is 89.9 Å². The largest absolute Gasteiger partial charge is 0.466 e. The maximum absolute atomic E-state index is 16.3. The van der Waals surface area contributed by atoms with Crippen molar-refractivity contribution < 1.29 is 95.1 Å². The molecular weight excluding hydrogens is 1320 g/mol. The fourth-order valence-corrected chi connectivity index (χ4v) is 11.6. The van der Waals surface area contributed by atoms with E-state index in [0.717, 1.165) is 22.5 Å². The molecule has 0 aromatic heterocycles. The van der Waals surface area contributed by atoms with E-state index in [1.165, 1.54) is 54.6 Å². The van der Waals surface area contributed by atoms with E-state index >= 15 is 8.78 Å². The van der Waals surface area contributed by atoms with E-state index < -0.39 is 99.7 Å². The van der Waals surface area contributed by atoms with Gasteiger partial charge in [0, 0.05) is 53.7 Å². The van der Waals surface area contributed by atoms with Crippen LogP contribution in [0.25, 0.3) is 0 Å². The Morgan fingerprint density at radius 3 is 1.97 bits per heavy atom. The predicted octanol–water partition coefficient (Wildman–Crippen LogP) is 6.81. The number of unbranched alkanes of at least 4 members (excludes halogenated alkanes) is 3. The Labute approximate surface area is 528 Å². The van der Waals surface area contributed by atoms with E-state index in [4.69, 9.17) is 30.4 Å². The molecule has 4 rings (SSSR count). The standard InChI is InChI=1S/C58H81F2IN8O18P2/c1-4-84-50(71)12-7-5-6-8-34-69-45(27-30-49(69)70)26-29-48(58(59,60)42-20-22-43(61)23-21-42)87-51(72)35-39-14-16-40(17-15-39)37-86-56(76)68-47(28-13-38(2)3)53(74)67-46(11-9-32-64-54(62)63)52(73)66-44-24-18-41(19-25-44)36-85-55(75)65-33-10-31-57(77,88(78,79)80)89(81,82)83/h14-26,29,38,45-48,77H,4-13,27-28,30-37H2,1-3H3,(H,65,75)(H,66,73)(H,67,74)(H,68,76)(H4,62,63,64)(H2,78,79,80)(H2,81,82,83)/b29-26+/t45-,46-,47-,48+/m0/s1. The molecule has 1 aliphatic rings. The third-order valence-corrected chi connectivity index (χ3v) is 18.6. The molecule has 492 valence electrons. The lowest BCUT2D eigenvalue weighted by Crippen LogP contribution is -2.52. The van der Waals surface area contributed by atoms with Gasteiger partial charge in [-0.3, -0.25) is 38.1 Å². The average Bonchev–Trinajstić information content (AvgIpc) is 1.42. The van der Waals surface area contributed by atoms with E-state index in [2.05, 4.69) is 26.3 Å². The highest BCUT2D eigenvalue weighted by atomic mass is 127. The Morgan fingerprint density at radius 2 is 1.36 bits per heavy atom. The van der Waals surface area contributed by atoms with Crippen molar-refractivity contribution in [2.45, 2.75) is 159 Å². The van der Waals surface area contributed by atoms with Gasteiger partial charge in [-0.15, -0.1) is 0 Å². The molecule has 13 N–H and O–H groups in total. The molecule has 1 fully saturated rings. The Morgan fingerprint density at radius 1 is 0.764 bits per heavy atom. The molecule has 0 saturated carbocycles. The molecule has 1 saturated heterocycles. The van der Waals surface area contributed by atoms with E-state index in [1.54, 1.807) is 36.1 Å². The van der Waals surface area contributed by atoms with E-state index in [0.29, 0.717) is 61.9 Å². The molecule has 3 aromatic carbocycles. The molecule has 1 aliphatic heterocycles. The van der Waals surface area contributed by atoms with Gasteiger partial charge in [-0.1, -0.05) is 81.3 Å². The average molecular weight is 1410 g/mol. The molecule has 89 heavy (non-hydrogen) atoms. The summed E-state index contributed by atoms with van der Waals surface area (Å²) in [7, 11) is -11.3. The quantitative estimate of drug-likeness (QED) is 0.00412. The molecule has 26 nitrogen and oxygen atoms in total. The first-order valence-corrected chi connectivity index (χ1v) is 33.2. The zero-order chi connectivity index (χ0) is 66.0. The van der Waals surface area contributed by atoms with Crippen LogP contribution in [0, 0.1) is 9.49 Å². The second-order valence-corrected chi connectivity index (χ2v) is 26.7. The number of guanidine groups is 1. The summed E-state index contributed by atoms with van der Waals surface area (Å²) in [6.07, 6.45) is 1.40. The molecule has 0 bridgehead atoms. The molecule has 31 heteroatoms. The summed E-state index contributed by atoms with van der Waals surface area (Å²) < 4.78 is 77.5. The summed E-state index contributed by atoms with van der Waals surface area (Å²) in [5.41, 5.74) is 12.2. The molecule has 1 heterocycles. The number of carbonyl (C=O) groups excluding carboxylic acids is 7. The smallest absolute Gasteiger partial charge is 0.408 e. The van der Waals surface area contributed by atoms with Gasteiger partial charge in [-0.2, -0.15) is 8.78 Å². The number of likely N-dealkylation sites (tertiary alicyclic amines) is 1.